The molecule has 2 N–H and O–H groups in total. The predicted molar refractivity (Wildman–Crippen MR) is 96.6 cm³/mol. The summed E-state index contributed by atoms with van der Waals surface area (Å²) in [4.78, 5) is 36.8. The highest BCUT2D eigenvalue weighted by atomic mass is 35.5. The van der Waals surface area contributed by atoms with Crippen molar-refractivity contribution in [3.63, 3.8) is 0 Å². The van der Waals surface area contributed by atoms with Gasteiger partial charge in [-0.1, -0.05) is 11.6 Å². The number of morpholine rings is 1. The minimum atomic E-state index is -0.387. The standard InChI is InChI=1S/C17H22ClN3O5/c1-10(22)20-15-7-16(25-3)13(6-14(15)18)17(24)19-8-12-9-21(11(2)23)4-5-26-12/h6-7,12H,4-5,8-9H2,1-3H3,(H,19,24)(H,20,22). The Labute approximate surface area is 156 Å². The van der Waals surface area contributed by atoms with E-state index in [1.165, 1.54) is 33.1 Å². The first-order valence-electron chi connectivity index (χ1n) is 8.12. The third kappa shape index (κ3) is 5.09. The van der Waals surface area contributed by atoms with Crippen LogP contribution in [-0.4, -0.2) is 62.1 Å². The van der Waals surface area contributed by atoms with E-state index in [9.17, 15) is 14.4 Å². The van der Waals surface area contributed by atoms with E-state index in [-0.39, 0.29) is 46.7 Å². The molecule has 0 saturated carbocycles. The molecule has 0 bridgehead atoms. The van der Waals surface area contributed by atoms with Crippen LogP contribution < -0.4 is 15.4 Å². The Bertz CT molecular complexity index is 710. The summed E-state index contributed by atoms with van der Waals surface area (Å²) >= 11 is 6.13. The van der Waals surface area contributed by atoms with Gasteiger partial charge in [-0.3, -0.25) is 14.4 Å². The third-order valence-corrected chi connectivity index (χ3v) is 4.23. The number of amides is 3. The number of nitrogens with one attached hydrogen (secondary N) is 2. The van der Waals surface area contributed by atoms with Crippen molar-refractivity contribution in [2.75, 3.05) is 38.7 Å². The second kappa shape index (κ2) is 8.86. The lowest BCUT2D eigenvalue weighted by atomic mass is 10.1. The lowest BCUT2D eigenvalue weighted by molar-refractivity contribution is -0.136. The van der Waals surface area contributed by atoms with Crippen LogP contribution in [0.1, 0.15) is 24.2 Å². The highest BCUT2D eigenvalue weighted by Crippen LogP contribution is 2.31. The van der Waals surface area contributed by atoms with Crippen LogP contribution in [0, 0.1) is 0 Å². The quantitative estimate of drug-likeness (QED) is 0.798. The number of rotatable bonds is 5. The number of carbonyl (C=O) groups excluding carboxylic acids is 3. The summed E-state index contributed by atoms with van der Waals surface area (Å²) in [5.41, 5.74) is 0.603. The largest absolute Gasteiger partial charge is 0.496 e. The normalized spacial score (nSPS) is 16.8. The van der Waals surface area contributed by atoms with Gasteiger partial charge in [0.05, 0.1) is 36.1 Å². The number of hydrogen-bond donors (Lipinski definition) is 2. The minimum Gasteiger partial charge on any atom is -0.496 e. The molecule has 1 aliphatic heterocycles. The zero-order valence-corrected chi connectivity index (χ0v) is 15.7. The van der Waals surface area contributed by atoms with Crippen molar-refractivity contribution < 1.29 is 23.9 Å². The molecule has 0 aromatic heterocycles. The summed E-state index contributed by atoms with van der Waals surface area (Å²) in [6.07, 6.45) is -0.281. The molecule has 3 amide bonds. The molecule has 2 rings (SSSR count). The van der Waals surface area contributed by atoms with Gasteiger partial charge < -0.3 is 25.0 Å². The van der Waals surface area contributed by atoms with Crippen molar-refractivity contribution in [3.8, 4) is 5.75 Å². The fourth-order valence-electron chi connectivity index (χ4n) is 2.62. The fourth-order valence-corrected chi connectivity index (χ4v) is 2.83. The van der Waals surface area contributed by atoms with Crippen LogP contribution in [0.3, 0.4) is 0 Å². The third-order valence-electron chi connectivity index (χ3n) is 3.92. The van der Waals surface area contributed by atoms with Crippen LogP contribution in [-0.2, 0) is 14.3 Å². The first-order valence-corrected chi connectivity index (χ1v) is 8.50. The number of nitrogens with zero attached hydrogens (tertiary/aromatic N) is 1. The SMILES string of the molecule is COc1cc(NC(C)=O)c(Cl)cc1C(=O)NCC1CN(C(C)=O)CCO1. The summed E-state index contributed by atoms with van der Waals surface area (Å²) in [6, 6.07) is 2.93. The molecule has 8 nitrogen and oxygen atoms in total. The topological polar surface area (TPSA) is 97.0 Å². The maximum absolute atomic E-state index is 12.5. The summed E-state index contributed by atoms with van der Waals surface area (Å²) < 4.78 is 10.8. The molecule has 0 spiro atoms. The maximum Gasteiger partial charge on any atom is 0.255 e. The van der Waals surface area contributed by atoms with E-state index >= 15 is 0 Å². The zero-order chi connectivity index (χ0) is 19.3. The summed E-state index contributed by atoms with van der Waals surface area (Å²) in [5.74, 6) is -0.408. The number of ether oxygens (including phenoxy) is 2. The van der Waals surface area contributed by atoms with Gasteiger partial charge in [-0.15, -0.1) is 0 Å². The average Bonchev–Trinajstić information content (AvgIpc) is 2.60. The van der Waals surface area contributed by atoms with Gasteiger partial charge in [-0.25, -0.2) is 0 Å². The number of methoxy groups -OCH3 is 1. The average molecular weight is 384 g/mol. The van der Waals surface area contributed by atoms with E-state index < -0.39 is 0 Å². The van der Waals surface area contributed by atoms with Crippen LogP contribution in [0.4, 0.5) is 5.69 Å². The van der Waals surface area contributed by atoms with Crippen LogP contribution in [0.5, 0.6) is 5.75 Å². The Hall–Kier alpha value is -2.32. The fraction of sp³-hybridized carbons (Fsp3) is 0.471. The molecule has 1 unspecified atom stereocenters. The molecule has 142 valence electrons. The van der Waals surface area contributed by atoms with Gasteiger partial charge in [0.15, 0.2) is 0 Å². The zero-order valence-electron chi connectivity index (χ0n) is 14.9. The molecule has 9 heteroatoms. The Morgan fingerprint density at radius 1 is 1.35 bits per heavy atom. The minimum absolute atomic E-state index is 0.0216. The second-order valence-electron chi connectivity index (χ2n) is 5.88. The van der Waals surface area contributed by atoms with Crippen molar-refractivity contribution in [1.29, 1.82) is 0 Å². The summed E-state index contributed by atoms with van der Waals surface area (Å²) in [5, 5.41) is 5.56. The first-order chi connectivity index (χ1) is 12.3. The molecule has 26 heavy (non-hydrogen) atoms. The van der Waals surface area contributed by atoms with Crippen LogP contribution >= 0.6 is 11.6 Å². The van der Waals surface area contributed by atoms with E-state index in [4.69, 9.17) is 21.1 Å². The predicted octanol–water partition coefficient (Wildman–Crippen LogP) is 1.28. The number of anilines is 1. The van der Waals surface area contributed by atoms with Gasteiger partial charge in [0.1, 0.15) is 5.75 Å². The van der Waals surface area contributed by atoms with Crippen molar-refractivity contribution in [3.05, 3.63) is 22.7 Å². The molecule has 1 heterocycles. The number of halogens is 1. The van der Waals surface area contributed by atoms with Gasteiger partial charge in [0.25, 0.3) is 5.91 Å². The first kappa shape index (κ1) is 20.0. The summed E-state index contributed by atoms with van der Waals surface area (Å²) in [7, 11) is 1.42. The van der Waals surface area contributed by atoms with Gasteiger partial charge in [0.2, 0.25) is 11.8 Å². The van der Waals surface area contributed by atoms with Gasteiger partial charge >= 0.3 is 0 Å². The van der Waals surface area contributed by atoms with E-state index in [0.717, 1.165) is 0 Å². The van der Waals surface area contributed by atoms with Gasteiger partial charge in [-0.05, 0) is 6.07 Å². The molecule has 0 radical (unpaired) electrons. The Kier molecular flexibility index (Phi) is 6.82. The van der Waals surface area contributed by atoms with Crippen LogP contribution in [0.15, 0.2) is 12.1 Å². The lowest BCUT2D eigenvalue weighted by Gasteiger charge is -2.32. The summed E-state index contributed by atoms with van der Waals surface area (Å²) in [6.45, 7) is 4.52. The van der Waals surface area contributed by atoms with Gasteiger partial charge in [0, 0.05) is 39.5 Å². The van der Waals surface area contributed by atoms with E-state index in [2.05, 4.69) is 10.6 Å². The number of carbonyl (C=O) groups is 3. The lowest BCUT2D eigenvalue weighted by Crippen LogP contribution is -2.49. The number of benzene rings is 1. The molecule has 1 fully saturated rings. The van der Waals surface area contributed by atoms with Crippen molar-refractivity contribution in [1.82, 2.24) is 10.2 Å². The molecule has 0 aliphatic carbocycles. The molecule has 1 aromatic rings. The molecule has 1 aliphatic rings. The second-order valence-corrected chi connectivity index (χ2v) is 6.29. The molecule has 1 aromatic carbocycles. The molecule has 1 saturated heterocycles. The molecule has 1 atom stereocenters. The monoisotopic (exact) mass is 383 g/mol. The number of hydrogen-bond acceptors (Lipinski definition) is 5. The van der Waals surface area contributed by atoms with Crippen LogP contribution in [0.2, 0.25) is 5.02 Å². The Balaban J connectivity index is 2.05. The van der Waals surface area contributed by atoms with Crippen molar-refractivity contribution in [2.45, 2.75) is 20.0 Å². The molecular formula is C17H22ClN3O5. The highest BCUT2D eigenvalue weighted by Gasteiger charge is 2.23. The van der Waals surface area contributed by atoms with Crippen LogP contribution in [0.25, 0.3) is 0 Å². The Morgan fingerprint density at radius 2 is 2.08 bits per heavy atom. The van der Waals surface area contributed by atoms with Gasteiger partial charge in [-0.2, -0.15) is 0 Å². The van der Waals surface area contributed by atoms with Crippen molar-refractivity contribution >= 4 is 35.0 Å². The van der Waals surface area contributed by atoms with E-state index in [1.54, 1.807) is 4.90 Å². The molecular weight excluding hydrogens is 362 g/mol. The van der Waals surface area contributed by atoms with E-state index in [0.29, 0.717) is 25.4 Å². The highest BCUT2D eigenvalue weighted by molar-refractivity contribution is 6.34. The maximum atomic E-state index is 12.5. The van der Waals surface area contributed by atoms with E-state index in [1.807, 2.05) is 0 Å². The van der Waals surface area contributed by atoms with Crippen molar-refractivity contribution in [2.24, 2.45) is 0 Å². The smallest absolute Gasteiger partial charge is 0.255 e. The Morgan fingerprint density at radius 3 is 2.69 bits per heavy atom.